The van der Waals surface area contributed by atoms with Crippen molar-refractivity contribution >= 4 is 5.91 Å². The number of rotatable bonds is 5. The van der Waals surface area contributed by atoms with Crippen molar-refractivity contribution in [2.24, 2.45) is 0 Å². The van der Waals surface area contributed by atoms with Crippen LogP contribution in [-0.4, -0.2) is 41.7 Å². The van der Waals surface area contributed by atoms with Gasteiger partial charge in [-0.2, -0.15) is 0 Å². The van der Waals surface area contributed by atoms with Crippen LogP contribution in [0, 0.1) is 13.8 Å². The molecule has 1 saturated heterocycles. The van der Waals surface area contributed by atoms with Gasteiger partial charge in [0, 0.05) is 6.04 Å². The van der Waals surface area contributed by atoms with Crippen LogP contribution < -0.4 is 5.32 Å². The van der Waals surface area contributed by atoms with Gasteiger partial charge < -0.3 is 10.4 Å². The third kappa shape index (κ3) is 4.05. The van der Waals surface area contributed by atoms with Gasteiger partial charge >= 0.3 is 0 Å². The highest BCUT2D eigenvalue weighted by molar-refractivity contribution is 5.78. The van der Waals surface area contributed by atoms with Gasteiger partial charge in [0.05, 0.1) is 19.2 Å². The smallest absolute Gasteiger partial charge is 0.234 e. The molecule has 0 unspecified atom stereocenters. The fraction of sp³-hybridized carbons (Fsp3) is 0.588. The van der Waals surface area contributed by atoms with E-state index in [1.807, 2.05) is 6.92 Å². The van der Waals surface area contributed by atoms with E-state index in [0.29, 0.717) is 6.54 Å². The van der Waals surface area contributed by atoms with Crippen molar-refractivity contribution in [2.75, 3.05) is 19.7 Å². The number of aryl methyl sites for hydroxylation is 2. The SMILES string of the molecule is Cc1ccc([C@H](C)NC(=O)CN2CCC[C@H]2CO)cc1C. The molecule has 0 aliphatic carbocycles. The van der Waals surface area contributed by atoms with Crippen molar-refractivity contribution in [3.63, 3.8) is 0 Å². The molecule has 0 saturated carbocycles. The third-order valence-corrected chi connectivity index (χ3v) is 4.46. The number of nitrogens with zero attached hydrogens (tertiary/aromatic N) is 1. The molecule has 2 rings (SSSR count). The summed E-state index contributed by atoms with van der Waals surface area (Å²) in [4.78, 5) is 14.2. The second-order valence-corrected chi connectivity index (χ2v) is 6.08. The van der Waals surface area contributed by atoms with Gasteiger partial charge in [-0.3, -0.25) is 9.69 Å². The first-order valence-corrected chi connectivity index (χ1v) is 7.72. The van der Waals surface area contributed by atoms with Crippen molar-refractivity contribution in [2.45, 2.75) is 45.7 Å². The van der Waals surface area contributed by atoms with Crippen LogP contribution in [0.25, 0.3) is 0 Å². The number of nitrogens with one attached hydrogen (secondary N) is 1. The lowest BCUT2D eigenvalue weighted by Gasteiger charge is -2.23. The number of carbonyl (C=O) groups excluding carboxylic acids is 1. The van der Waals surface area contributed by atoms with Gasteiger partial charge in [-0.25, -0.2) is 0 Å². The van der Waals surface area contributed by atoms with Gasteiger partial charge in [-0.1, -0.05) is 18.2 Å². The molecule has 1 amide bonds. The lowest BCUT2D eigenvalue weighted by atomic mass is 10.0. The van der Waals surface area contributed by atoms with Gasteiger partial charge in [0.1, 0.15) is 0 Å². The standard InChI is InChI=1S/C17H26N2O2/c1-12-6-7-15(9-13(12)2)14(3)18-17(21)10-19-8-4-5-16(19)11-20/h6-7,9,14,16,20H,4-5,8,10-11H2,1-3H3,(H,18,21)/t14-,16-/m0/s1. The lowest BCUT2D eigenvalue weighted by Crippen LogP contribution is -2.41. The van der Waals surface area contributed by atoms with E-state index in [1.54, 1.807) is 0 Å². The molecule has 21 heavy (non-hydrogen) atoms. The summed E-state index contributed by atoms with van der Waals surface area (Å²) in [6.45, 7) is 7.60. The minimum atomic E-state index is 0.00646. The summed E-state index contributed by atoms with van der Waals surface area (Å²) >= 11 is 0. The molecule has 1 heterocycles. The highest BCUT2D eigenvalue weighted by Gasteiger charge is 2.25. The Morgan fingerprint density at radius 3 is 2.86 bits per heavy atom. The van der Waals surface area contributed by atoms with Crippen LogP contribution in [0.15, 0.2) is 18.2 Å². The number of hydrogen-bond donors (Lipinski definition) is 2. The minimum absolute atomic E-state index is 0.00646. The van der Waals surface area contributed by atoms with E-state index in [1.165, 1.54) is 11.1 Å². The number of aliphatic hydroxyl groups excluding tert-OH is 1. The first kappa shape index (κ1) is 16.0. The van der Waals surface area contributed by atoms with Gasteiger partial charge in [0.25, 0.3) is 0 Å². The zero-order valence-electron chi connectivity index (χ0n) is 13.2. The van der Waals surface area contributed by atoms with E-state index in [0.717, 1.165) is 24.9 Å². The molecule has 1 aliphatic heterocycles. The topological polar surface area (TPSA) is 52.6 Å². The molecular formula is C17H26N2O2. The largest absolute Gasteiger partial charge is 0.395 e. The Kier molecular flexibility index (Phi) is 5.37. The van der Waals surface area contributed by atoms with Crippen LogP contribution in [0.3, 0.4) is 0 Å². The first-order valence-electron chi connectivity index (χ1n) is 7.72. The maximum atomic E-state index is 12.2. The van der Waals surface area contributed by atoms with Gasteiger partial charge in [-0.15, -0.1) is 0 Å². The molecular weight excluding hydrogens is 264 g/mol. The highest BCUT2D eigenvalue weighted by Crippen LogP contribution is 2.18. The van der Waals surface area contributed by atoms with Gasteiger partial charge in [0.15, 0.2) is 0 Å². The number of carbonyl (C=O) groups is 1. The molecule has 0 aromatic heterocycles. The molecule has 1 aliphatic rings. The van der Waals surface area contributed by atoms with E-state index < -0.39 is 0 Å². The summed E-state index contributed by atoms with van der Waals surface area (Å²) < 4.78 is 0. The van der Waals surface area contributed by atoms with Gasteiger partial charge in [0.2, 0.25) is 5.91 Å². The van der Waals surface area contributed by atoms with E-state index in [2.05, 4.69) is 42.3 Å². The van der Waals surface area contributed by atoms with Crippen LogP contribution >= 0.6 is 0 Å². The number of aliphatic hydroxyl groups is 1. The Morgan fingerprint density at radius 2 is 2.19 bits per heavy atom. The summed E-state index contributed by atoms with van der Waals surface area (Å²) in [6.07, 6.45) is 2.04. The Balaban J connectivity index is 1.91. The normalized spacial score (nSPS) is 20.5. The van der Waals surface area contributed by atoms with Crippen LogP contribution in [0.5, 0.6) is 0 Å². The van der Waals surface area contributed by atoms with E-state index in [4.69, 9.17) is 0 Å². The number of benzene rings is 1. The van der Waals surface area contributed by atoms with Crippen LogP contribution in [-0.2, 0) is 4.79 Å². The predicted octanol–water partition coefficient (Wildman–Crippen LogP) is 1.94. The fourth-order valence-electron chi connectivity index (χ4n) is 2.90. The molecule has 0 spiro atoms. The zero-order chi connectivity index (χ0) is 15.4. The van der Waals surface area contributed by atoms with Crippen molar-refractivity contribution in [3.8, 4) is 0 Å². The molecule has 1 fully saturated rings. The fourth-order valence-corrected chi connectivity index (χ4v) is 2.90. The maximum Gasteiger partial charge on any atom is 0.234 e. The average Bonchev–Trinajstić information content (AvgIpc) is 2.88. The Hall–Kier alpha value is -1.39. The second kappa shape index (κ2) is 7.05. The molecule has 1 aromatic carbocycles. The van der Waals surface area contributed by atoms with E-state index in [9.17, 15) is 9.90 Å². The zero-order valence-corrected chi connectivity index (χ0v) is 13.2. The number of hydrogen-bond acceptors (Lipinski definition) is 3. The first-order chi connectivity index (χ1) is 10.0. The Labute approximate surface area is 127 Å². The van der Waals surface area contributed by atoms with Crippen LogP contribution in [0.1, 0.15) is 42.5 Å². The number of amides is 1. The summed E-state index contributed by atoms with van der Waals surface area (Å²) in [5.41, 5.74) is 3.64. The highest BCUT2D eigenvalue weighted by atomic mass is 16.3. The van der Waals surface area contributed by atoms with E-state index >= 15 is 0 Å². The van der Waals surface area contributed by atoms with Crippen molar-refractivity contribution in [1.29, 1.82) is 0 Å². The summed E-state index contributed by atoms with van der Waals surface area (Å²) in [6, 6.07) is 6.45. The Morgan fingerprint density at radius 1 is 1.43 bits per heavy atom. The summed E-state index contributed by atoms with van der Waals surface area (Å²) in [7, 11) is 0. The summed E-state index contributed by atoms with van der Waals surface area (Å²) in [5.74, 6) is 0.0288. The Bertz CT molecular complexity index is 502. The maximum absolute atomic E-state index is 12.2. The van der Waals surface area contributed by atoms with E-state index in [-0.39, 0.29) is 24.6 Å². The van der Waals surface area contributed by atoms with Gasteiger partial charge in [-0.05, 0) is 56.8 Å². The molecule has 4 nitrogen and oxygen atoms in total. The predicted molar refractivity (Wildman–Crippen MR) is 84.2 cm³/mol. The molecule has 4 heteroatoms. The van der Waals surface area contributed by atoms with Crippen molar-refractivity contribution in [3.05, 3.63) is 34.9 Å². The minimum Gasteiger partial charge on any atom is -0.395 e. The summed E-state index contributed by atoms with van der Waals surface area (Å²) in [5, 5.41) is 12.3. The molecule has 1 aromatic rings. The monoisotopic (exact) mass is 290 g/mol. The molecule has 0 radical (unpaired) electrons. The van der Waals surface area contributed by atoms with Crippen LogP contribution in [0.2, 0.25) is 0 Å². The molecule has 2 N–H and O–H groups in total. The quantitative estimate of drug-likeness (QED) is 0.871. The molecule has 2 atom stereocenters. The van der Waals surface area contributed by atoms with Crippen molar-refractivity contribution in [1.82, 2.24) is 10.2 Å². The average molecular weight is 290 g/mol. The molecule has 0 bridgehead atoms. The third-order valence-electron chi connectivity index (χ3n) is 4.46. The van der Waals surface area contributed by atoms with Crippen LogP contribution in [0.4, 0.5) is 0 Å². The molecule has 116 valence electrons. The lowest BCUT2D eigenvalue weighted by molar-refractivity contribution is -0.123. The number of likely N-dealkylation sites (tertiary alicyclic amines) is 1. The second-order valence-electron chi connectivity index (χ2n) is 6.08. The van der Waals surface area contributed by atoms with Crippen molar-refractivity contribution < 1.29 is 9.90 Å².